The summed E-state index contributed by atoms with van der Waals surface area (Å²) in [6.07, 6.45) is 2.43. The van der Waals surface area contributed by atoms with E-state index in [0.717, 1.165) is 4.90 Å². The maximum absolute atomic E-state index is 12.1. The fourth-order valence-electron chi connectivity index (χ4n) is 1.96. The monoisotopic (exact) mass is 329 g/mol. The fraction of sp³-hybridized carbons (Fsp3) is 0.467. The molecule has 1 aromatic carbocycles. The van der Waals surface area contributed by atoms with Crippen LogP contribution in [0.15, 0.2) is 23.1 Å². The van der Waals surface area contributed by atoms with E-state index < -0.39 is 11.9 Å². The van der Waals surface area contributed by atoms with Crippen LogP contribution in [-0.2, 0) is 4.79 Å². The molecule has 0 spiro atoms. The molecule has 0 aliphatic rings. The van der Waals surface area contributed by atoms with E-state index in [-0.39, 0.29) is 18.4 Å². The van der Waals surface area contributed by atoms with Crippen molar-refractivity contribution in [2.24, 2.45) is 11.8 Å². The summed E-state index contributed by atoms with van der Waals surface area (Å²) in [4.78, 5) is 24.3. The Labute approximate surface area is 134 Å². The van der Waals surface area contributed by atoms with Gasteiger partial charge in [0.05, 0.1) is 16.5 Å². The minimum Gasteiger partial charge on any atom is -0.481 e. The number of carboxylic acids is 1. The van der Waals surface area contributed by atoms with E-state index in [1.54, 1.807) is 12.1 Å². The number of thioether (sulfide) groups is 1. The molecule has 6 heteroatoms. The molecule has 1 aromatic rings. The minimum atomic E-state index is -0.895. The zero-order valence-corrected chi connectivity index (χ0v) is 13.9. The van der Waals surface area contributed by atoms with Crippen LogP contribution in [0.2, 0.25) is 5.02 Å². The van der Waals surface area contributed by atoms with Gasteiger partial charge >= 0.3 is 5.97 Å². The van der Waals surface area contributed by atoms with Crippen molar-refractivity contribution < 1.29 is 14.7 Å². The zero-order chi connectivity index (χ0) is 16.0. The lowest BCUT2D eigenvalue weighted by molar-refractivity contribution is -0.142. The van der Waals surface area contributed by atoms with Gasteiger partial charge in [-0.2, -0.15) is 0 Å². The average molecular weight is 330 g/mol. The fourth-order valence-corrected chi connectivity index (χ4v) is 2.60. The molecule has 0 radical (unpaired) electrons. The number of amides is 1. The Morgan fingerprint density at radius 3 is 2.57 bits per heavy atom. The molecule has 21 heavy (non-hydrogen) atoms. The number of halogens is 1. The van der Waals surface area contributed by atoms with Gasteiger partial charge in [-0.3, -0.25) is 9.59 Å². The summed E-state index contributed by atoms with van der Waals surface area (Å²) in [5.41, 5.74) is 0.372. The molecule has 0 fully saturated rings. The molecule has 2 N–H and O–H groups in total. The highest BCUT2D eigenvalue weighted by atomic mass is 35.5. The number of carboxylic acid groups (broad SMARTS) is 1. The molecular formula is C15H20ClNO3S. The summed E-state index contributed by atoms with van der Waals surface area (Å²) in [5, 5.41) is 12.2. The topological polar surface area (TPSA) is 66.4 Å². The second-order valence-electron chi connectivity index (χ2n) is 5.22. The highest BCUT2D eigenvalue weighted by Gasteiger charge is 2.20. The Hall–Kier alpha value is -1.20. The minimum absolute atomic E-state index is 0.103. The number of benzene rings is 1. The first kappa shape index (κ1) is 17.9. The Morgan fingerprint density at radius 1 is 1.38 bits per heavy atom. The molecule has 1 amide bonds. The van der Waals surface area contributed by atoms with Gasteiger partial charge in [-0.1, -0.05) is 25.4 Å². The molecule has 0 aliphatic carbocycles. The standard InChI is InChI=1S/C15H20ClNO3S/c1-9(2)6-10(15(19)20)8-17-14(18)12-7-11(21-3)4-5-13(12)16/h4-5,7,9-10H,6,8H2,1-3H3,(H,17,18)(H,19,20). The van der Waals surface area contributed by atoms with Crippen LogP contribution in [0.3, 0.4) is 0 Å². The van der Waals surface area contributed by atoms with E-state index >= 15 is 0 Å². The molecular weight excluding hydrogens is 310 g/mol. The number of nitrogens with one attached hydrogen (secondary N) is 1. The molecule has 1 unspecified atom stereocenters. The molecule has 4 nitrogen and oxygen atoms in total. The number of aliphatic carboxylic acids is 1. The summed E-state index contributed by atoms with van der Waals surface area (Å²) in [5.74, 6) is -1.57. The molecule has 0 heterocycles. The van der Waals surface area contributed by atoms with Gasteiger partial charge in [0.1, 0.15) is 0 Å². The van der Waals surface area contributed by atoms with Crippen molar-refractivity contribution in [3.05, 3.63) is 28.8 Å². The van der Waals surface area contributed by atoms with Crippen LogP contribution in [0.1, 0.15) is 30.6 Å². The van der Waals surface area contributed by atoms with Crippen LogP contribution in [-0.4, -0.2) is 29.8 Å². The number of rotatable bonds is 7. The zero-order valence-electron chi connectivity index (χ0n) is 12.4. The smallest absolute Gasteiger partial charge is 0.308 e. The van der Waals surface area contributed by atoms with E-state index in [0.29, 0.717) is 17.0 Å². The van der Waals surface area contributed by atoms with Gasteiger partial charge in [-0.15, -0.1) is 11.8 Å². The predicted molar refractivity (Wildman–Crippen MR) is 86.1 cm³/mol. The van der Waals surface area contributed by atoms with Gasteiger partial charge in [-0.25, -0.2) is 0 Å². The lowest BCUT2D eigenvalue weighted by atomic mass is 9.97. The van der Waals surface area contributed by atoms with Crippen molar-refractivity contribution in [1.82, 2.24) is 5.32 Å². The Kier molecular flexibility index (Phi) is 7.05. The molecule has 0 bridgehead atoms. The van der Waals surface area contributed by atoms with Gasteiger partial charge in [0.15, 0.2) is 0 Å². The number of carbonyl (C=O) groups is 2. The lowest BCUT2D eigenvalue weighted by Gasteiger charge is -2.16. The van der Waals surface area contributed by atoms with Crippen LogP contribution in [0.4, 0.5) is 0 Å². The molecule has 1 atom stereocenters. The number of carbonyl (C=O) groups excluding carboxylic acids is 1. The summed E-state index contributed by atoms with van der Waals surface area (Å²) >= 11 is 7.54. The van der Waals surface area contributed by atoms with Gasteiger partial charge < -0.3 is 10.4 Å². The average Bonchev–Trinajstić information content (AvgIpc) is 2.43. The van der Waals surface area contributed by atoms with Crippen molar-refractivity contribution in [3.8, 4) is 0 Å². The van der Waals surface area contributed by atoms with E-state index in [2.05, 4.69) is 5.32 Å². The van der Waals surface area contributed by atoms with Gasteiger partial charge in [-0.05, 0) is 36.8 Å². The van der Waals surface area contributed by atoms with E-state index in [1.807, 2.05) is 26.2 Å². The van der Waals surface area contributed by atoms with Gasteiger partial charge in [0, 0.05) is 11.4 Å². The third-order valence-electron chi connectivity index (χ3n) is 3.03. The van der Waals surface area contributed by atoms with Crippen LogP contribution >= 0.6 is 23.4 Å². The highest BCUT2D eigenvalue weighted by molar-refractivity contribution is 7.98. The summed E-state index contributed by atoms with van der Waals surface area (Å²) in [6, 6.07) is 5.22. The predicted octanol–water partition coefficient (Wildman–Crippen LogP) is 3.54. The van der Waals surface area contributed by atoms with Crippen molar-refractivity contribution in [1.29, 1.82) is 0 Å². The Balaban J connectivity index is 2.74. The first-order chi connectivity index (χ1) is 9.85. The molecule has 0 aromatic heterocycles. The van der Waals surface area contributed by atoms with Crippen molar-refractivity contribution in [2.75, 3.05) is 12.8 Å². The third-order valence-corrected chi connectivity index (χ3v) is 4.09. The third kappa shape index (κ3) is 5.59. The summed E-state index contributed by atoms with van der Waals surface area (Å²) in [6.45, 7) is 4.01. The van der Waals surface area contributed by atoms with E-state index in [4.69, 9.17) is 16.7 Å². The van der Waals surface area contributed by atoms with Crippen molar-refractivity contribution in [3.63, 3.8) is 0 Å². The Bertz CT molecular complexity index is 520. The largest absolute Gasteiger partial charge is 0.481 e. The Morgan fingerprint density at radius 2 is 2.05 bits per heavy atom. The molecule has 1 rings (SSSR count). The van der Waals surface area contributed by atoms with E-state index in [9.17, 15) is 9.59 Å². The maximum atomic E-state index is 12.1. The van der Waals surface area contributed by atoms with E-state index in [1.165, 1.54) is 11.8 Å². The van der Waals surface area contributed by atoms with Crippen LogP contribution in [0.5, 0.6) is 0 Å². The van der Waals surface area contributed by atoms with Gasteiger partial charge in [0.2, 0.25) is 0 Å². The summed E-state index contributed by atoms with van der Waals surface area (Å²) < 4.78 is 0. The van der Waals surface area contributed by atoms with Crippen LogP contribution in [0, 0.1) is 11.8 Å². The SMILES string of the molecule is CSc1ccc(Cl)c(C(=O)NCC(CC(C)C)C(=O)O)c1. The van der Waals surface area contributed by atoms with Crippen LogP contribution < -0.4 is 5.32 Å². The molecule has 116 valence electrons. The van der Waals surface area contributed by atoms with Crippen molar-refractivity contribution >= 4 is 35.2 Å². The second-order valence-corrected chi connectivity index (χ2v) is 6.51. The first-order valence-corrected chi connectivity index (χ1v) is 8.30. The molecule has 0 saturated carbocycles. The molecule has 0 aliphatic heterocycles. The first-order valence-electron chi connectivity index (χ1n) is 6.69. The maximum Gasteiger partial charge on any atom is 0.308 e. The number of hydrogen-bond acceptors (Lipinski definition) is 3. The second kappa shape index (κ2) is 8.29. The lowest BCUT2D eigenvalue weighted by Crippen LogP contribution is -2.33. The quantitative estimate of drug-likeness (QED) is 0.751. The number of hydrogen-bond donors (Lipinski definition) is 2. The van der Waals surface area contributed by atoms with Crippen LogP contribution in [0.25, 0.3) is 0 Å². The van der Waals surface area contributed by atoms with Crippen molar-refractivity contribution in [2.45, 2.75) is 25.2 Å². The summed E-state index contributed by atoms with van der Waals surface area (Å²) in [7, 11) is 0. The molecule has 0 saturated heterocycles. The normalized spacial score (nSPS) is 12.2. The van der Waals surface area contributed by atoms with Gasteiger partial charge in [0.25, 0.3) is 5.91 Å². The highest BCUT2D eigenvalue weighted by Crippen LogP contribution is 2.23.